The largest absolute Gasteiger partial charge is 0.456 e. The number of para-hydroxylation sites is 3. The van der Waals surface area contributed by atoms with Crippen LogP contribution in [0.5, 0.6) is 0 Å². The third kappa shape index (κ3) is 4.17. The van der Waals surface area contributed by atoms with Gasteiger partial charge in [-0.05, 0) is 72.8 Å². The molecular formula is C47H29N3O. The fourth-order valence-corrected chi connectivity index (χ4v) is 8.06. The molecule has 11 rings (SSSR count). The summed E-state index contributed by atoms with van der Waals surface area (Å²) in [5.74, 6) is 0. The van der Waals surface area contributed by atoms with Gasteiger partial charge in [0.05, 0.1) is 33.5 Å². The summed E-state index contributed by atoms with van der Waals surface area (Å²) in [6.45, 7) is 0. The number of furan rings is 1. The van der Waals surface area contributed by atoms with Gasteiger partial charge in [-0.2, -0.15) is 0 Å². The first-order valence-electron chi connectivity index (χ1n) is 17.3. The summed E-state index contributed by atoms with van der Waals surface area (Å²) >= 11 is 0. The van der Waals surface area contributed by atoms with E-state index in [2.05, 4.69) is 173 Å². The predicted octanol–water partition coefficient (Wildman–Crippen LogP) is 12.5. The van der Waals surface area contributed by atoms with Crippen molar-refractivity contribution in [2.24, 2.45) is 0 Å². The van der Waals surface area contributed by atoms with E-state index in [0.29, 0.717) is 0 Å². The van der Waals surface area contributed by atoms with Gasteiger partial charge in [0.15, 0.2) is 0 Å². The fourth-order valence-electron chi connectivity index (χ4n) is 8.06. The molecule has 0 aliphatic heterocycles. The summed E-state index contributed by atoms with van der Waals surface area (Å²) < 4.78 is 11.2. The number of aromatic nitrogens is 3. The van der Waals surface area contributed by atoms with E-state index in [1.165, 1.54) is 27.1 Å². The highest BCUT2D eigenvalue weighted by Crippen LogP contribution is 2.44. The van der Waals surface area contributed by atoms with E-state index < -0.39 is 0 Å². The van der Waals surface area contributed by atoms with Gasteiger partial charge in [0.2, 0.25) is 0 Å². The number of fused-ring (bicyclic) bond motifs is 10. The summed E-state index contributed by atoms with van der Waals surface area (Å²) in [4.78, 5) is 5.02. The van der Waals surface area contributed by atoms with E-state index in [1.54, 1.807) is 0 Å². The van der Waals surface area contributed by atoms with Crippen LogP contribution in [-0.4, -0.2) is 14.1 Å². The number of rotatable bonds is 4. The summed E-state index contributed by atoms with van der Waals surface area (Å²) in [6, 6.07) is 62.3. The first kappa shape index (κ1) is 28.0. The molecule has 0 saturated carbocycles. The zero-order valence-electron chi connectivity index (χ0n) is 27.5. The molecule has 0 atom stereocenters. The van der Waals surface area contributed by atoms with Crippen LogP contribution in [-0.2, 0) is 0 Å². The molecule has 0 spiro atoms. The second-order valence-electron chi connectivity index (χ2n) is 13.2. The van der Waals surface area contributed by atoms with Crippen LogP contribution in [0.25, 0.3) is 99.4 Å². The zero-order chi connectivity index (χ0) is 33.5. The Bertz CT molecular complexity index is 3110. The Balaban J connectivity index is 1.17. The molecule has 0 amide bonds. The van der Waals surface area contributed by atoms with Crippen LogP contribution < -0.4 is 0 Å². The van der Waals surface area contributed by atoms with Gasteiger partial charge in [-0.3, -0.25) is 0 Å². The third-order valence-electron chi connectivity index (χ3n) is 10.3. The Kier molecular flexibility index (Phi) is 5.92. The zero-order valence-corrected chi connectivity index (χ0v) is 27.5. The van der Waals surface area contributed by atoms with Crippen molar-refractivity contribution in [3.8, 4) is 33.9 Å². The Morgan fingerprint density at radius 1 is 0.353 bits per heavy atom. The number of benzene rings is 7. The van der Waals surface area contributed by atoms with E-state index in [-0.39, 0.29) is 0 Å². The Morgan fingerprint density at radius 2 is 0.980 bits per heavy atom. The van der Waals surface area contributed by atoms with Gasteiger partial charge in [-0.15, -0.1) is 0 Å². The molecule has 4 nitrogen and oxygen atoms in total. The van der Waals surface area contributed by atoms with Crippen LogP contribution >= 0.6 is 0 Å². The standard InChI is InChI=1S/C47H29N3O/c1-3-12-30(13-4-1)38-18-11-19-39(48-38)31-22-24-33(25-23-31)49-40-20-9-7-16-34(40)36-28-37-43(29-42(36)49)50(32-14-5-2-6-15-32)41-26-27-45-47(46(37)41)35-17-8-10-21-44(35)51-45/h1-29H. The monoisotopic (exact) mass is 651 g/mol. The Labute approximate surface area is 293 Å². The van der Waals surface area contributed by atoms with E-state index in [1.807, 2.05) is 12.1 Å². The van der Waals surface area contributed by atoms with Crippen LogP contribution in [0.2, 0.25) is 0 Å². The molecule has 51 heavy (non-hydrogen) atoms. The SMILES string of the molecule is c1ccc(-c2cccc(-c3ccc(-n4c5ccccc5c5cc6c7c8c(ccc7n(-c7ccccc7)c6cc54)oc4ccccc48)cc3)n2)cc1. The van der Waals surface area contributed by atoms with Gasteiger partial charge in [-0.1, -0.05) is 103 Å². The molecule has 0 aliphatic rings. The average molecular weight is 652 g/mol. The summed E-state index contributed by atoms with van der Waals surface area (Å²) in [5.41, 5.74) is 12.8. The first-order chi connectivity index (χ1) is 25.3. The predicted molar refractivity (Wildman–Crippen MR) is 211 cm³/mol. The third-order valence-corrected chi connectivity index (χ3v) is 10.3. The van der Waals surface area contributed by atoms with E-state index in [0.717, 1.165) is 72.4 Å². The molecule has 238 valence electrons. The van der Waals surface area contributed by atoms with Crippen molar-refractivity contribution in [2.75, 3.05) is 0 Å². The molecule has 11 aromatic rings. The maximum atomic E-state index is 6.40. The lowest BCUT2D eigenvalue weighted by molar-refractivity contribution is 0.669. The summed E-state index contributed by atoms with van der Waals surface area (Å²) in [7, 11) is 0. The van der Waals surface area contributed by atoms with E-state index in [9.17, 15) is 0 Å². The van der Waals surface area contributed by atoms with E-state index in [4.69, 9.17) is 9.40 Å². The molecule has 0 fully saturated rings. The second-order valence-corrected chi connectivity index (χ2v) is 13.2. The van der Waals surface area contributed by atoms with Crippen molar-refractivity contribution in [3.05, 3.63) is 176 Å². The van der Waals surface area contributed by atoms with Crippen molar-refractivity contribution in [3.63, 3.8) is 0 Å². The maximum absolute atomic E-state index is 6.40. The van der Waals surface area contributed by atoms with Crippen molar-refractivity contribution in [1.82, 2.24) is 14.1 Å². The summed E-state index contributed by atoms with van der Waals surface area (Å²) in [5, 5.41) is 7.16. The van der Waals surface area contributed by atoms with E-state index >= 15 is 0 Å². The first-order valence-corrected chi connectivity index (χ1v) is 17.3. The minimum Gasteiger partial charge on any atom is -0.456 e. The normalized spacial score (nSPS) is 11.9. The molecule has 0 N–H and O–H groups in total. The molecule has 0 saturated heterocycles. The molecule has 4 heteroatoms. The quantitative estimate of drug-likeness (QED) is 0.190. The molecule has 0 unspecified atom stereocenters. The summed E-state index contributed by atoms with van der Waals surface area (Å²) in [6.07, 6.45) is 0. The molecule has 0 aliphatic carbocycles. The average Bonchev–Trinajstić information content (AvgIpc) is 3.85. The number of hydrogen-bond donors (Lipinski definition) is 0. The second kappa shape index (κ2) is 10.8. The highest BCUT2D eigenvalue weighted by Gasteiger charge is 2.22. The molecule has 0 radical (unpaired) electrons. The fraction of sp³-hybridized carbons (Fsp3) is 0. The molecule has 4 heterocycles. The topological polar surface area (TPSA) is 35.9 Å². The number of hydrogen-bond acceptors (Lipinski definition) is 2. The lowest BCUT2D eigenvalue weighted by Gasteiger charge is -2.11. The van der Waals surface area contributed by atoms with Crippen LogP contribution in [0, 0.1) is 0 Å². The highest BCUT2D eigenvalue weighted by atomic mass is 16.3. The number of pyridine rings is 1. The van der Waals surface area contributed by atoms with Crippen molar-refractivity contribution >= 4 is 65.6 Å². The number of nitrogens with zero attached hydrogens (tertiary/aromatic N) is 3. The van der Waals surface area contributed by atoms with Crippen molar-refractivity contribution < 1.29 is 4.42 Å². The van der Waals surface area contributed by atoms with Crippen LogP contribution in [0.15, 0.2) is 180 Å². The lowest BCUT2D eigenvalue weighted by atomic mass is 10.0. The van der Waals surface area contributed by atoms with Crippen molar-refractivity contribution in [1.29, 1.82) is 0 Å². The van der Waals surface area contributed by atoms with Gasteiger partial charge in [-0.25, -0.2) is 4.98 Å². The van der Waals surface area contributed by atoms with Gasteiger partial charge in [0, 0.05) is 54.8 Å². The smallest absolute Gasteiger partial charge is 0.136 e. The molecular weight excluding hydrogens is 623 g/mol. The minimum atomic E-state index is 0.905. The maximum Gasteiger partial charge on any atom is 0.136 e. The van der Waals surface area contributed by atoms with Crippen LogP contribution in [0.1, 0.15) is 0 Å². The molecule has 0 bridgehead atoms. The van der Waals surface area contributed by atoms with Gasteiger partial charge in [0.1, 0.15) is 11.2 Å². The van der Waals surface area contributed by atoms with Gasteiger partial charge < -0.3 is 13.6 Å². The Hall–Kier alpha value is -6.91. The Morgan fingerprint density at radius 3 is 1.78 bits per heavy atom. The van der Waals surface area contributed by atoms with Crippen LogP contribution in [0.4, 0.5) is 0 Å². The molecule has 7 aromatic carbocycles. The van der Waals surface area contributed by atoms with Crippen LogP contribution in [0.3, 0.4) is 0 Å². The van der Waals surface area contributed by atoms with Crippen molar-refractivity contribution in [2.45, 2.75) is 0 Å². The molecule has 4 aromatic heterocycles. The van der Waals surface area contributed by atoms with Gasteiger partial charge in [0.25, 0.3) is 0 Å². The lowest BCUT2D eigenvalue weighted by Crippen LogP contribution is -1.96. The highest BCUT2D eigenvalue weighted by molar-refractivity contribution is 6.29. The minimum absolute atomic E-state index is 0.905. The van der Waals surface area contributed by atoms with Gasteiger partial charge >= 0.3 is 0 Å².